The van der Waals surface area contributed by atoms with E-state index in [0.717, 1.165) is 6.07 Å². The Kier molecular flexibility index (Phi) is 4.41. The van der Waals surface area contributed by atoms with Crippen LogP contribution >= 0.6 is 0 Å². The number of aromatic nitrogens is 2. The van der Waals surface area contributed by atoms with Crippen molar-refractivity contribution in [2.24, 2.45) is 0 Å². The Labute approximate surface area is 120 Å². The summed E-state index contributed by atoms with van der Waals surface area (Å²) in [5, 5.41) is 21.6. The van der Waals surface area contributed by atoms with Gasteiger partial charge in [0, 0.05) is 6.54 Å². The molecule has 2 N–H and O–H groups in total. The number of carbonyl (C=O) groups excluding carboxylic acids is 1. The molecule has 6 nitrogen and oxygen atoms in total. The second-order valence-corrected chi connectivity index (χ2v) is 4.09. The Morgan fingerprint density at radius 3 is 2.71 bits per heavy atom. The van der Waals surface area contributed by atoms with E-state index in [0.29, 0.717) is 12.4 Å². The van der Waals surface area contributed by atoms with Crippen molar-refractivity contribution in [3.05, 3.63) is 47.4 Å². The highest BCUT2D eigenvalue weighted by molar-refractivity contribution is 6.02. The van der Waals surface area contributed by atoms with Crippen molar-refractivity contribution in [2.45, 2.75) is 6.92 Å². The number of carbonyl (C=O) groups is 1. The molecular weight excluding hydrogens is 273 g/mol. The Hall–Kier alpha value is -3.01. The minimum Gasteiger partial charge on any atom is -0.369 e. The first-order valence-electron chi connectivity index (χ1n) is 6.22. The van der Waals surface area contributed by atoms with Crippen LogP contribution in [0.5, 0.6) is 0 Å². The van der Waals surface area contributed by atoms with Gasteiger partial charge in [0.05, 0.1) is 17.3 Å². The summed E-state index contributed by atoms with van der Waals surface area (Å²) < 4.78 is 13.7. The largest absolute Gasteiger partial charge is 0.369 e. The number of hydrogen-bond acceptors (Lipinski definition) is 5. The minimum atomic E-state index is -0.681. The van der Waals surface area contributed by atoms with E-state index in [-0.39, 0.29) is 16.9 Å². The maximum Gasteiger partial charge on any atom is 0.276 e. The van der Waals surface area contributed by atoms with Gasteiger partial charge in [-0.25, -0.2) is 4.39 Å². The summed E-state index contributed by atoms with van der Waals surface area (Å²) in [4.78, 5) is 11.9. The molecule has 0 aliphatic rings. The number of benzene rings is 1. The van der Waals surface area contributed by atoms with E-state index in [9.17, 15) is 9.18 Å². The minimum absolute atomic E-state index is 0.0171. The molecule has 106 valence electrons. The molecule has 0 aliphatic heterocycles. The van der Waals surface area contributed by atoms with Gasteiger partial charge in [-0.15, -0.1) is 10.2 Å². The molecule has 2 rings (SSSR count). The van der Waals surface area contributed by atoms with E-state index in [1.807, 2.05) is 13.0 Å². The summed E-state index contributed by atoms with van der Waals surface area (Å²) >= 11 is 0. The van der Waals surface area contributed by atoms with E-state index in [4.69, 9.17) is 5.26 Å². The lowest BCUT2D eigenvalue weighted by atomic mass is 10.2. The first-order chi connectivity index (χ1) is 10.1. The number of nitrogens with one attached hydrogen (secondary N) is 2. The lowest BCUT2D eigenvalue weighted by molar-refractivity contribution is 0.102. The van der Waals surface area contributed by atoms with Crippen LogP contribution in [0.1, 0.15) is 23.0 Å². The molecule has 0 saturated heterocycles. The number of nitriles is 1. The van der Waals surface area contributed by atoms with E-state index in [2.05, 4.69) is 20.8 Å². The normalized spacial score (nSPS) is 9.76. The van der Waals surface area contributed by atoms with Gasteiger partial charge in [0.25, 0.3) is 5.91 Å². The van der Waals surface area contributed by atoms with Crippen molar-refractivity contribution in [1.82, 2.24) is 10.2 Å². The Bertz CT molecular complexity index is 694. The highest BCUT2D eigenvalue weighted by Gasteiger charge is 2.11. The van der Waals surface area contributed by atoms with Crippen LogP contribution in [0.2, 0.25) is 0 Å². The van der Waals surface area contributed by atoms with Gasteiger partial charge in [0.1, 0.15) is 11.6 Å². The van der Waals surface area contributed by atoms with Gasteiger partial charge in [-0.1, -0.05) is 0 Å². The topological polar surface area (TPSA) is 90.7 Å². The molecule has 0 unspecified atom stereocenters. The Morgan fingerprint density at radius 2 is 2.14 bits per heavy atom. The molecule has 0 atom stereocenters. The fourth-order valence-corrected chi connectivity index (χ4v) is 1.60. The number of rotatable bonds is 4. The van der Waals surface area contributed by atoms with E-state index in [1.165, 1.54) is 18.2 Å². The first kappa shape index (κ1) is 14.4. The average Bonchev–Trinajstić information content (AvgIpc) is 2.50. The number of hydrogen-bond donors (Lipinski definition) is 2. The van der Waals surface area contributed by atoms with Crippen LogP contribution in [-0.2, 0) is 0 Å². The molecule has 1 amide bonds. The zero-order valence-electron chi connectivity index (χ0n) is 11.2. The molecule has 0 spiro atoms. The molecule has 0 bridgehead atoms. The molecule has 0 radical (unpaired) electrons. The number of amides is 1. The van der Waals surface area contributed by atoms with Crippen LogP contribution in [-0.4, -0.2) is 22.6 Å². The van der Waals surface area contributed by atoms with Crippen LogP contribution in [0, 0.1) is 17.1 Å². The molecule has 2 aromatic rings. The zero-order chi connectivity index (χ0) is 15.2. The van der Waals surface area contributed by atoms with Crippen molar-refractivity contribution in [3.63, 3.8) is 0 Å². The van der Waals surface area contributed by atoms with Crippen LogP contribution in [0.15, 0.2) is 30.3 Å². The van der Waals surface area contributed by atoms with E-state index in [1.54, 1.807) is 6.07 Å². The van der Waals surface area contributed by atoms with Gasteiger partial charge < -0.3 is 10.6 Å². The van der Waals surface area contributed by atoms with Crippen LogP contribution in [0.3, 0.4) is 0 Å². The lowest BCUT2D eigenvalue weighted by Crippen LogP contribution is -2.15. The monoisotopic (exact) mass is 285 g/mol. The smallest absolute Gasteiger partial charge is 0.276 e. The average molecular weight is 285 g/mol. The van der Waals surface area contributed by atoms with Crippen molar-refractivity contribution in [1.29, 1.82) is 5.26 Å². The molecule has 0 saturated carbocycles. The van der Waals surface area contributed by atoms with Gasteiger partial charge in [0.15, 0.2) is 5.69 Å². The predicted octanol–water partition coefficient (Wildman–Crippen LogP) is 2.17. The standard InChI is InChI=1S/C14H12FN5O/c1-2-17-13-6-5-12(19-20-13)14(21)18-11-4-3-9(8-16)7-10(11)15/h3-7H,2H2,1H3,(H,17,20)(H,18,21). The van der Waals surface area contributed by atoms with Crippen molar-refractivity contribution >= 4 is 17.4 Å². The fraction of sp³-hybridized carbons (Fsp3) is 0.143. The number of nitrogens with zero attached hydrogens (tertiary/aromatic N) is 3. The summed E-state index contributed by atoms with van der Waals surface area (Å²) in [6.45, 7) is 2.60. The third-order valence-electron chi connectivity index (χ3n) is 2.60. The second-order valence-electron chi connectivity index (χ2n) is 4.09. The van der Waals surface area contributed by atoms with Gasteiger partial charge in [0.2, 0.25) is 0 Å². The van der Waals surface area contributed by atoms with Crippen molar-refractivity contribution < 1.29 is 9.18 Å². The quantitative estimate of drug-likeness (QED) is 0.898. The Morgan fingerprint density at radius 1 is 1.33 bits per heavy atom. The lowest BCUT2D eigenvalue weighted by Gasteiger charge is -2.06. The van der Waals surface area contributed by atoms with Crippen molar-refractivity contribution in [3.8, 4) is 6.07 Å². The van der Waals surface area contributed by atoms with Gasteiger partial charge in [-0.3, -0.25) is 4.79 Å². The van der Waals surface area contributed by atoms with Crippen LogP contribution in [0.25, 0.3) is 0 Å². The maximum absolute atomic E-state index is 13.7. The van der Waals surface area contributed by atoms with Gasteiger partial charge in [-0.05, 0) is 37.3 Å². The highest BCUT2D eigenvalue weighted by atomic mass is 19.1. The predicted molar refractivity (Wildman–Crippen MR) is 75.3 cm³/mol. The maximum atomic E-state index is 13.7. The molecular formula is C14H12FN5O. The molecule has 1 aromatic heterocycles. The summed E-state index contributed by atoms with van der Waals surface area (Å²) in [5.41, 5.74) is 0.234. The molecule has 0 fully saturated rings. The summed E-state index contributed by atoms with van der Waals surface area (Å²) in [6, 6.07) is 8.71. The number of anilines is 2. The van der Waals surface area contributed by atoms with Crippen LogP contribution < -0.4 is 10.6 Å². The molecule has 1 heterocycles. The van der Waals surface area contributed by atoms with Gasteiger partial charge in [-0.2, -0.15) is 5.26 Å². The highest BCUT2D eigenvalue weighted by Crippen LogP contribution is 2.16. The summed E-state index contributed by atoms with van der Waals surface area (Å²) in [5.74, 6) is -0.701. The third-order valence-corrected chi connectivity index (χ3v) is 2.60. The van der Waals surface area contributed by atoms with E-state index < -0.39 is 11.7 Å². The molecule has 7 heteroatoms. The molecule has 1 aromatic carbocycles. The van der Waals surface area contributed by atoms with E-state index >= 15 is 0 Å². The third kappa shape index (κ3) is 3.51. The molecule has 21 heavy (non-hydrogen) atoms. The second kappa shape index (κ2) is 6.43. The molecule has 0 aliphatic carbocycles. The summed E-state index contributed by atoms with van der Waals surface area (Å²) in [7, 11) is 0. The first-order valence-corrected chi connectivity index (χ1v) is 6.22. The number of halogens is 1. The van der Waals surface area contributed by atoms with Crippen molar-refractivity contribution in [2.75, 3.05) is 17.2 Å². The van der Waals surface area contributed by atoms with Gasteiger partial charge >= 0.3 is 0 Å². The van der Waals surface area contributed by atoms with Crippen LogP contribution in [0.4, 0.5) is 15.9 Å². The SMILES string of the molecule is CCNc1ccc(C(=O)Nc2ccc(C#N)cc2F)nn1. The zero-order valence-corrected chi connectivity index (χ0v) is 11.2. The fourth-order valence-electron chi connectivity index (χ4n) is 1.60. The Balaban J connectivity index is 2.12. The summed E-state index contributed by atoms with van der Waals surface area (Å²) in [6.07, 6.45) is 0.